The normalized spacial score (nSPS) is 23.7. The van der Waals surface area contributed by atoms with E-state index < -0.39 is 17.6 Å². The summed E-state index contributed by atoms with van der Waals surface area (Å²) in [7, 11) is 0. The Morgan fingerprint density at radius 1 is 1.00 bits per heavy atom. The van der Waals surface area contributed by atoms with Gasteiger partial charge in [-0.05, 0) is 48.6 Å². The van der Waals surface area contributed by atoms with E-state index in [2.05, 4.69) is 21.0 Å². The standard InChI is InChI=1S/C19H16BrF3N2/c20-15-10-6-13(7-11-15)17-12-18(14-8-9-14,19(21,22)23)25(24-17)16-4-2-1-3-5-16/h1-7,10-11,14H,8-9,12H2. The van der Waals surface area contributed by atoms with Gasteiger partial charge >= 0.3 is 6.18 Å². The van der Waals surface area contributed by atoms with E-state index in [4.69, 9.17) is 0 Å². The average molecular weight is 409 g/mol. The van der Waals surface area contributed by atoms with Gasteiger partial charge in [-0.1, -0.05) is 46.3 Å². The van der Waals surface area contributed by atoms with Crippen LogP contribution in [-0.4, -0.2) is 17.4 Å². The second kappa shape index (κ2) is 5.87. The lowest BCUT2D eigenvalue weighted by Crippen LogP contribution is -2.57. The minimum Gasteiger partial charge on any atom is -0.249 e. The number of para-hydroxylation sites is 1. The first-order valence-corrected chi connectivity index (χ1v) is 8.96. The van der Waals surface area contributed by atoms with Crippen LogP contribution in [0.1, 0.15) is 24.8 Å². The number of hydrazone groups is 1. The van der Waals surface area contributed by atoms with Gasteiger partial charge in [0.15, 0.2) is 5.54 Å². The van der Waals surface area contributed by atoms with Crippen molar-refractivity contribution in [2.45, 2.75) is 31.0 Å². The molecule has 1 saturated carbocycles. The van der Waals surface area contributed by atoms with E-state index in [1.165, 1.54) is 5.01 Å². The largest absolute Gasteiger partial charge is 0.414 e. The molecule has 0 bridgehead atoms. The fourth-order valence-corrected chi connectivity index (χ4v) is 3.83. The quantitative estimate of drug-likeness (QED) is 0.628. The third-order valence-electron chi connectivity index (χ3n) is 4.96. The maximum atomic E-state index is 14.3. The monoisotopic (exact) mass is 408 g/mol. The zero-order valence-corrected chi connectivity index (χ0v) is 14.9. The Bertz CT molecular complexity index is 798. The van der Waals surface area contributed by atoms with Gasteiger partial charge in [-0.25, -0.2) is 5.01 Å². The Kier molecular flexibility index (Phi) is 3.90. The van der Waals surface area contributed by atoms with Gasteiger partial charge in [0.05, 0.1) is 11.4 Å². The first-order valence-electron chi connectivity index (χ1n) is 8.17. The van der Waals surface area contributed by atoms with E-state index in [-0.39, 0.29) is 6.42 Å². The molecule has 4 rings (SSSR count). The average Bonchev–Trinajstić information content (AvgIpc) is 3.35. The van der Waals surface area contributed by atoms with Gasteiger partial charge in [0.2, 0.25) is 0 Å². The van der Waals surface area contributed by atoms with Crippen LogP contribution >= 0.6 is 15.9 Å². The van der Waals surface area contributed by atoms with Crippen LogP contribution in [0.15, 0.2) is 64.2 Å². The van der Waals surface area contributed by atoms with Crippen LogP contribution in [0.4, 0.5) is 18.9 Å². The topological polar surface area (TPSA) is 15.6 Å². The van der Waals surface area contributed by atoms with Crippen LogP contribution in [0, 0.1) is 5.92 Å². The van der Waals surface area contributed by atoms with Crippen LogP contribution in [0.3, 0.4) is 0 Å². The van der Waals surface area contributed by atoms with Crippen molar-refractivity contribution < 1.29 is 13.2 Å². The van der Waals surface area contributed by atoms with E-state index >= 15 is 0 Å². The smallest absolute Gasteiger partial charge is 0.249 e. The highest BCUT2D eigenvalue weighted by Gasteiger charge is 2.68. The van der Waals surface area contributed by atoms with Gasteiger partial charge in [-0.3, -0.25) is 0 Å². The van der Waals surface area contributed by atoms with Crippen molar-refractivity contribution >= 4 is 27.3 Å². The molecule has 6 heteroatoms. The fraction of sp³-hybridized carbons (Fsp3) is 0.316. The number of rotatable bonds is 3. The summed E-state index contributed by atoms with van der Waals surface area (Å²) in [6, 6.07) is 16.0. The summed E-state index contributed by atoms with van der Waals surface area (Å²) in [5.74, 6) is -0.413. The predicted octanol–water partition coefficient (Wildman–Crippen LogP) is 5.77. The molecule has 1 unspecified atom stereocenters. The molecular weight excluding hydrogens is 393 g/mol. The second-order valence-electron chi connectivity index (χ2n) is 6.57. The van der Waals surface area contributed by atoms with Crippen LogP contribution in [0.5, 0.6) is 0 Å². The molecular formula is C19H16BrF3N2. The lowest BCUT2D eigenvalue weighted by atomic mass is 9.85. The van der Waals surface area contributed by atoms with Crippen LogP contribution < -0.4 is 5.01 Å². The zero-order chi connectivity index (χ0) is 17.7. The SMILES string of the molecule is FC(F)(F)C1(C2CC2)CC(c2ccc(Br)cc2)=NN1c1ccccc1. The number of anilines is 1. The molecule has 0 N–H and O–H groups in total. The Hall–Kier alpha value is -1.82. The molecule has 1 fully saturated rings. The Labute approximate surface area is 152 Å². The van der Waals surface area contributed by atoms with Crippen molar-refractivity contribution in [2.24, 2.45) is 11.0 Å². The van der Waals surface area contributed by atoms with E-state index in [0.717, 1.165) is 10.0 Å². The lowest BCUT2D eigenvalue weighted by molar-refractivity contribution is -0.189. The Morgan fingerprint density at radius 3 is 2.20 bits per heavy atom. The maximum Gasteiger partial charge on any atom is 0.414 e. The number of nitrogens with zero attached hydrogens (tertiary/aromatic N) is 2. The van der Waals surface area contributed by atoms with Crippen molar-refractivity contribution in [3.05, 3.63) is 64.6 Å². The first kappa shape index (κ1) is 16.6. The molecule has 25 heavy (non-hydrogen) atoms. The van der Waals surface area contributed by atoms with Gasteiger partial charge in [0.1, 0.15) is 0 Å². The summed E-state index contributed by atoms with van der Waals surface area (Å²) >= 11 is 3.36. The summed E-state index contributed by atoms with van der Waals surface area (Å²) in [4.78, 5) is 0. The third kappa shape index (κ3) is 2.76. The highest BCUT2D eigenvalue weighted by molar-refractivity contribution is 9.10. The van der Waals surface area contributed by atoms with Crippen molar-refractivity contribution in [1.29, 1.82) is 0 Å². The molecule has 130 valence electrons. The highest BCUT2D eigenvalue weighted by Crippen LogP contribution is 2.57. The Morgan fingerprint density at radius 2 is 1.64 bits per heavy atom. The predicted molar refractivity (Wildman–Crippen MR) is 95.7 cm³/mol. The molecule has 0 saturated heterocycles. The minimum absolute atomic E-state index is 0.113. The molecule has 1 aliphatic heterocycles. The van der Waals surface area contributed by atoms with E-state index in [1.807, 2.05) is 24.3 Å². The van der Waals surface area contributed by atoms with Crippen LogP contribution in [-0.2, 0) is 0 Å². The van der Waals surface area contributed by atoms with Crippen molar-refractivity contribution in [3.8, 4) is 0 Å². The summed E-state index contributed by atoms with van der Waals surface area (Å²) in [6.07, 6.45) is -3.29. The fourth-order valence-electron chi connectivity index (χ4n) is 3.56. The molecule has 2 aromatic carbocycles. The van der Waals surface area contributed by atoms with Gasteiger partial charge in [0.25, 0.3) is 0 Å². The summed E-state index contributed by atoms with van der Waals surface area (Å²) in [5, 5.41) is 5.68. The summed E-state index contributed by atoms with van der Waals surface area (Å²) in [5.41, 5.74) is -0.244. The molecule has 2 aromatic rings. The minimum atomic E-state index is -4.36. The lowest BCUT2D eigenvalue weighted by Gasteiger charge is -2.39. The zero-order valence-electron chi connectivity index (χ0n) is 13.3. The van der Waals surface area contributed by atoms with Gasteiger partial charge in [0, 0.05) is 10.9 Å². The molecule has 0 amide bonds. The van der Waals surface area contributed by atoms with Crippen LogP contribution in [0.2, 0.25) is 0 Å². The molecule has 2 nitrogen and oxygen atoms in total. The number of hydrogen-bond acceptors (Lipinski definition) is 2. The highest BCUT2D eigenvalue weighted by atomic mass is 79.9. The molecule has 1 heterocycles. The number of hydrogen-bond donors (Lipinski definition) is 0. The summed E-state index contributed by atoms with van der Waals surface area (Å²) < 4.78 is 43.7. The van der Waals surface area contributed by atoms with E-state index in [1.54, 1.807) is 30.3 Å². The Balaban J connectivity index is 1.83. The molecule has 0 spiro atoms. The molecule has 1 aliphatic carbocycles. The molecule has 2 aliphatic rings. The van der Waals surface area contributed by atoms with Gasteiger partial charge < -0.3 is 0 Å². The van der Waals surface area contributed by atoms with Crippen LogP contribution in [0.25, 0.3) is 0 Å². The maximum absolute atomic E-state index is 14.3. The van der Waals surface area contributed by atoms with Crippen molar-refractivity contribution in [2.75, 3.05) is 5.01 Å². The van der Waals surface area contributed by atoms with E-state index in [9.17, 15) is 13.2 Å². The third-order valence-corrected chi connectivity index (χ3v) is 5.49. The molecule has 0 radical (unpaired) electrons. The molecule has 1 atom stereocenters. The second-order valence-corrected chi connectivity index (χ2v) is 7.49. The van der Waals surface area contributed by atoms with Crippen molar-refractivity contribution in [1.82, 2.24) is 0 Å². The summed E-state index contributed by atoms with van der Waals surface area (Å²) in [6.45, 7) is 0. The molecule has 0 aromatic heterocycles. The van der Waals surface area contributed by atoms with Gasteiger partial charge in [-0.15, -0.1) is 0 Å². The van der Waals surface area contributed by atoms with E-state index in [0.29, 0.717) is 24.2 Å². The number of benzene rings is 2. The first-order chi connectivity index (χ1) is 11.9. The van der Waals surface area contributed by atoms with Gasteiger partial charge in [-0.2, -0.15) is 18.3 Å². The van der Waals surface area contributed by atoms with Crippen molar-refractivity contribution in [3.63, 3.8) is 0 Å². The number of alkyl halides is 3. The number of halogens is 4.